The Balaban J connectivity index is 2.14. The average Bonchev–Trinajstić information content (AvgIpc) is 2.71. The Bertz CT molecular complexity index is 445. The van der Waals surface area contributed by atoms with E-state index in [1.807, 2.05) is 25.1 Å². The fourth-order valence-electron chi connectivity index (χ4n) is 2.20. The van der Waals surface area contributed by atoms with Crippen LogP contribution >= 0.6 is 0 Å². The van der Waals surface area contributed by atoms with Crippen LogP contribution in [-0.4, -0.2) is 42.2 Å². The second-order valence-corrected chi connectivity index (χ2v) is 5.50. The lowest BCUT2D eigenvalue weighted by atomic mass is 10.0. The van der Waals surface area contributed by atoms with Crippen molar-refractivity contribution in [2.75, 3.05) is 26.4 Å². The molecule has 5 heteroatoms. The van der Waals surface area contributed by atoms with Crippen molar-refractivity contribution in [2.24, 2.45) is 0 Å². The summed E-state index contributed by atoms with van der Waals surface area (Å²) < 4.78 is 11.3. The molecule has 112 valence electrons. The molecule has 0 radical (unpaired) electrons. The van der Waals surface area contributed by atoms with E-state index in [-0.39, 0.29) is 19.3 Å². The van der Waals surface area contributed by atoms with Crippen molar-refractivity contribution < 1.29 is 19.7 Å². The first-order chi connectivity index (χ1) is 9.58. The Morgan fingerprint density at radius 1 is 1.20 bits per heavy atom. The van der Waals surface area contributed by atoms with E-state index in [1.165, 1.54) is 0 Å². The van der Waals surface area contributed by atoms with Crippen LogP contribution in [0, 0.1) is 0 Å². The van der Waals surface area contributed by atoms with E-state index in [9.17, 15) is 10.2 Å². The highest BCUT2D eigenvalue weighted by molar-refractivity contribution is 5.44. The highest BCUT2D eigenvalue weighted by atomic mass is 16.5. The van der Waals surface area contributed by atoms with Crippen LogP contribution in [0.1, 0.15) is 31.9 Å². The van der Waals surface area contributed by atoms with Gasteiger partial charge in [-0.25, -0.2) is 0 Å². The zero-order valence-corrected chi connectivity index (χ0v) is 12.1. The molecule has 3 N–H and O–H groups in total. The lowest BCUT2D eigenvalue weighted by molar-refractivity contribution is 0.0957. The molecule has 0 bridgehead atoms. The molecule has 2 rings (SSSR count). The molecule has 20 heavy (non-hydrogen) atoms. The molecule has 0 aromatic heterocycles. The van der Waals surface area contributed by atoms with Gasteiger partial charge in [0.2, 0.25) is 0 Å². The van der Waals surface area contributed by atoms with Gasteiger partial charge in [0.1, 0.15) is 0 Å². The van der Waals surface area contributed by atoms with Crippen LogP contribution in [-0.2, 0) is 0 Å². The quantitative estimate of drug-likeness (QED) is 0.757. The molecule has 1 unspecified atom stereocenters. The Morgan fingerprint density at radius 3 is 2.50 bits per heavy atom. The SMILES string of the molecule is CC(NC(C)(CO)CO)c1ccc2c(c1)OCCCO2. The van der Waals surface area contributed by atoms with Crippen molar-refractivity contribution in [3.8, 4) is 11.5 Å². The van der Waals surface area contributed by atoms with E-state index in [4.69, 9.17) is 9.47 Å². The lowest BCUT2D eigenvalue weighted by Gasteiger charge is -2.30. The third kappa shape index (κ3) is 3.42. The zero-order valence-electron chi connectivity index (χ0n) is 12.1. The van der Waals surface area contributed by atoms with Gasteiger partial charge in [-0.2, -0.15) is 0 Å². The number of nitrogens with one attached hydrogen (secondary N) is 1. The molecule has 1 atom stereocenters. The molecule has 0 spiro atoms. The van der Waals surface area contributed by atoms with Crippen LogP contribution in [0.2, 0.25) is 0 Å². The van der Waals surface area contributed by atoms with Crippen molar-refractivity contribution >= 4 is 0 Å². The summed E-state index contributed by atoms with van der Waals surface area (Å²) >= 11 is 0. The Morgan fingerprint density at radius 2 is 1.85 bits per heavy atom. The van der Waals surface area contributed by atoms with E-state index in [1.54, 1.807) is 6.92 Å². The molecular weight excluding hydrogens is 258 g/mol. The first kappa shape index (κ1) is 15.1. The number of rotatable bonds is 5. The Hall–Kier alpha value is -1.30. The minimum Gasteiger partial charge on any atom is -0.490 e. The minimum atomic E-state index is -0.705. The number of hydrogen-bond donors (Lipinski definition) is 3. The summed E-state index contributed by atoms with van der Waals surface area (Å²) in [7, 11) is 0. The van der Waals surface area contributed by atoms with Crippen LogP contribution in [0.5, 0.6) is 11.5 Å². The summed E-state index contributed by atoms with van der Waals surface area (Å²) in [5.41, 5.74) is 0.325. The zero-order chi connectivity index (χ0) is 14.6. The lowest BCUT2D eigenvalue weighted by Crippen LogP contribution is -2.49. The maximum atomic E-state index is 9.34. The molecule has 0 aliphatic carbocycles. The highest BCUT2D eigenvalue weighted by Crippen LogP contribution is 2.32. The van der Waals surface area contributed by atoms with E-state index >= 15 is 0 Å². The van der Waals surface area contributed by atoms with Crippen LogP contribution in [0.25, 0.3) is 0 Å². The normalized spacial score (nSPS) is 16.6. The van der Waals surface area contributed by atoms with E-state index in [0.717, 1.165) is 23.5 Å². The maximum Gasteiger partial charge on any atom is 0.161 e. The first-order valence-electron chi connectivity index (χ1n) is 6.97. The third-order valence-corrected chi connectivity index (χ3v) is 3.53. The van der Waals surface area contributed by atoms with E-state index in [0.29, 0.717) is 13.2 Å². The largest absolute Gasteiger partial charge is 0.490 e. The number of ether oxygens (including phenoxy) is 2. The monoisotopic (exact) mass is 281 g/mol. The van der Waals surface area contributed by atoms with Gasteiger partial charge in [0.25, 0.3) is 0 Å². The second kappa shape index (κ2) is 6.43. The van der Waals surface area contributed by atoms with E-state index < -0.39 is 5.54 Å². The van der Waals surface area contributed by atoms with Gasteiger partial charge in [-0.05, 0) is 31.5 Å². The van der Waals surface area contributed by atoms with Gasteiger partial charge in [-0.15, -0.1) is 0 Å². The molecule has 5 nitrogen and oxygen atoms in total. The van der Waals surface area contributed by atoms with Gasteiger partial charge in [-0.3, -0.25) is 0 Å². The van der Waals surface area contributed by atoms with Gasteiger partial charge in [0.15, 0.2) is 11.5 Å². The van der Waals surface area contributed by atoms with Crippen molar-refractivity contribution in [3.05, 3.63) is 23.8 Å². The van der Waals surface area contributed by atoms with Gasteiger partial charge < -0.3 is 25.0 Å². The molecular formula is C15H23NO4. The average molecular weight is 281 g/mol. The molecule has 0 fully saturated rings. The van der Waals surface area contributed by atoms with Gasteiger partial charge in [0, 0.05) is 12.5 Å². The summed E-state index contributed by atoms with van der Waals surface area (Å²) in [6.07, 6.45) is 0.880. The van der Waals surface area contributed by atoms with Gasteiger partial charge >= 0.3 is 0 Å². The fourth-order valence-corrected chi connectivity index (χ4v) is 2.20. The second-order valence-electron chi connectivity index (χ2n) is 5.50. The number of benzene rings is 1. The van der Waals surface area contributed by atoms with Gasteiger partial charge in [-0.1, -0.05) is 6.07 Å². The van der Waals surface area contributed by atoms with Crippen molar-refractivity contribution in [3.63, 3.8) is 0 Å². The number of hydrogen-bond acceptors (Lipinski definition) is 5. The summed E-state index contributed by atoms with van der Waals surface area (Å²) in [4.78, 5) is 0. The standard InChI is InChI=1S/C15H23NO4/c1-11(16-15(2,9-17)10-18)12-4-5-13-14(8-12)20-7-3-6-19-13/h4-5,8,11,16-18H,3,6-7,9-10H2,1-2H3. The van der Waals surface area contributed by atoms with Crippen molar-refractivity contribution in [1.82, 2.24) is 5.32 Å². The maximum absolute atomic E-state index is 9.34. The van der Waals surface area contributed by atoms with E-state index in [2.05, 4.69) is 5.32 Å². The number of aliphatic hydroxyl groups is 2. The number of fused-ring (bicyclic) bond motifs is 1. The fraction of sp³-hybridized carbons (Fsp3) is 0.600. The summed E-state index contributed by atoms with van der Waals surface area (Å²) in [5, 5.41) is 21.9. The molecule has 1 aliphatic heterocycles. The molecule has 1 aliphatic rings. The summed E-state index contributed by atoms with van der Waals surface area (Å²) in [6, 6.07) is 5.81. The molecule has 0 saturated heterocycles. The predicted octanol–water partition coefficient (Wildman–Crippen LogP) is 1.24. The minimum absolute atomic E-state index is 0.0172. The Kier molecular flexibility index (Phi) is 4.86. The first-order valence-corrected chi connectivity index (χ1v) is 6.97. The molecule has 1 aromatic rings. The molecule has 0 amide bonds. The molecule has 0 saturated carbocycles. The summed E-state index contributed by atoms with van der Waals surface area (Å²) in [6.45, 7) is 4.85. The molecule has 1 aromatic carbocycles. The summed E-state index contributed by atoms with van der Waals surface area (Å²) in [5.74, 6) is 1.52. The predicted molar refractivity (Wildman–Crippen MR) is 76.2 cm³/mol. The van der Waals surface area contributed by atoms with Crippen LogP contribution in [0.3, 0.4) is 0 Å². The van der Waals surface area contributed by atoms with Crippen molar-refractivity contribution in [2.45, 2.75) is 31.8 Å². The topological polar surface area (TPSA) is 71.0 Å². The molecule has 1 heterocycles. The Labute approximate surface area is 119 Å². The smallest absolute Gasteiger partial charge is 0.161 e. The van der Waals surface area contributed by atoms with Gasteiger partial charge in [0.05, 0.1) is 32.0 Å². The van der Waals surface area contributed by atoms with Crippen LogP contribution < -0.4 is 14.8 Å². The van der Waals surface area contributed by atoms with Crippen LogP contribution in [0.4, 0.5) is 0 Å². The van der Waals surface area contributed by atoms with Crippen LogP contribution in [0.15, 0.2) is 18.2 Å². The third-order valence-electron chi connectivity index (χ3n) is 3.53. The number of aliphatic hydroxyl groups excluding tert-OH is 2. The highest BCUT2D eigenvalue weighted by Gasteiger charge is 2.25. The van der Waals surface area contributed by atoms with Crippen molar-refractivity contribution in [1.29, 1.82) is 0 Å².